The van der Waals surface area contributed by atoms with Crippen molar-refractivity contribution >= 4 is 11.8 Å². The van der Waals surface area contributed by atoms with Crippen molar-refractivity contribution in [3.63, 3.8) is 0 Å². The van der Waals surface area contributed by atoms with E-state index in [0.717, 1.165) is 12.8 Å². The molecule has 1 aliphatic rings. The van der Waals surface area contributed by atoms with Gasteiger partial charge in [-0.25, -0.2) is 4.79 Å². The number of hydrogen-bond donors (Lipinski definition) is 1. The molecule has 0 atom stereocenters. The lowest BCUT2D eigenvalue weighted by molar-refractivity contribution is 0.203. The molecule has 1 amide bonds. The monoisotopic (exact) mass is 203 g/mol. The van der Waals surface area contributed by atoms with Crippen molar-refractivity contribution in [1.29, 1.82) is 0 Å². The van der Waals surface area contributed by atoms with Crippen molar-refractivity contribution in [1.82, 2.24) is 0 Å². The summed E-state index contributed by atoms with van der Waals surface area (Å²) in [6, 6.07) is 9.07. The van der Waals surface area contributed by atoms with E-state index in [2.05, 4.69) is 6.58 Å². The van der Waals surface area contributed by atoms with Crippen molar-refractivity contribution in [2.24, 2.45) is 5.92 Å². The van der Waals surface area contributed by atoms with Crippen LogP contribution in [-0.4, -0.2) is 11.2 Å². The van der Waals surface area contributed by atoms with Crippen LogP contribution >= 0.6 is 0 Å². The molecular weight excluding hydrogens is 190 g/mol. The fourth-order valence-corrected chi connectivity index (χ4v) is 1.58. The lowest BCUT2D eigenvalue weighted by Crippen LogP contribution is -2.28. The van der Waals surface area contributed by atoms with E-state index in [-0.39, 0.29) is 0 Å². The summed E-state index contributed by atoms with van der Waals surface area (Å²) in [5.74, 6) is 0.348. The number of amides is 1. The Morgan fingerprint density at radius 3 is 2.40 bits per heavy atom. The third-order valence-electron chi connectivity index (χ3n) is 2.54. The number of allylic oxidation sites excluding steroid dienone is 1. The Bertz CT molecular complexity index is 382. The summed E-state index contributed by atoms with van der Waals surface area (Å²) >= 11 is 0. The second-order valence-corrected chi connectivity index (χ2v) is 3.72. The van der Waals surface area contributed by atoms with Crippen LogP contribution in [0.2, 0.25) is 0 Å². The summed E-state index contributed by atoms with van der Waals surface area (Å²) in [6.45, 7) is 3.86. The Balaban J connectivity index is 2.27. The molecule has 78 valence electrons. The van der Waals surface area contributed by atoms with E-state index in [4.69, 9.17) is 5.11 Å². The van der Waals surface area contributed by atoms with Crippen LogP contribution < -0.4 is 4.90 Å². The molecule has 1 fully saturated rings. The normalized spacial score (nSPS) is 14.7. The molecule has 1 aromatic rings. The standard InChI is InChI=1S/C12H13NO2/c1-9(10-7-8-10)13(12(14)15)11-5-3-2-4-6-11/h2-6,10H,1,7-8H2,(H,14,15). The molecule has 0 spiro atoms. The zero-order chi connectivity index (χ0) is 10.8. The van der Waals surface area contributed by atoms with E-state index in [1.807, 2.05) is 18.2 Å². The first kappa shape index (κ1) is 9.77. The van der Waals surface area contributed by atoms with E-state index in [0.29, 0.717) is 17.3 Å². The quantitative estimate of drug-likeness (QED) is 0.820. The molecule has 0 radical (unpaired) electrons. The molecule has 1 saturated carbocycles. The molecule has 0 heterocycles. The van der Waals surface area contributed by atoms with Crippen LogP contribution in [0.25, 0.3) is 0 Å². The summed E-state index contributed by atoms with van der Waals surface area (Å²) in [7, 11) is 0. The van der Waals surface area contributed by atoms with E-state index in [9.17, 15) is 4.79 Å². The van der Waals surface area contributed by atoms with Crippen molar-refractivity contribution in [3.8, 4) is 0 Å². The van der Waals surface area contributed by atoms with Crippen LogP contribution in [0, 0.1) is 5.92 Å². The lowest BCUT2D eigenvalue weighted by atomic mass is 10.2. The fourth-order valence-electron chi connectivity index (χ4n) is 1.58. The highest BCUT2D eigenvalue weighted by atomic mass is 16.4. The van der Waals surface area contributed by atoms with Crippen molar-refractivity contribution in [2.45, 2.75) is 12.8 Å². The minimum absolute atomic E-state index is 0.348. The van der Waals surface area contributed by atoms with Gasteiger partial charge in [0, 0.05) is 5.70 Å². The van der Waals surface area contributed by atoms with Gasteiger partial charge in [-0.05, 0) is 30.9 Å². The van der Waals surface area contributed by atoms with Gasteiger partial charge in [-0.3, -0.25) is 4.90 Å². The Kier molecular flexibility index (Phi) is 2.46. The molecule has 1 N–H and O–H groups in total. The zero-order valence-electron chi connectivity index (χ0n) is 8.39. The minimum atomic E-state index is -0.960. The zero-order valence-corrected chi connectivity index (χ0v) is 8.39. The predicted octanol–water partition coefficient (Wildman–Crippen LogP) is 3.09. The number of carboxylic acid groups (broad SMARTS) is 1. The SMILES string of the molecule is C=C(C1CC1)N(C(=O)O)c1ccccc1. The van der Waals surface area contributed by atoms with Gasteiger partial charge in [0.25, 0.3) is 0 Å². The molecule has 1 aliphatic carbocycles. The van der Waals surface area contributed by atoms with Gasteiger partial charge in [-0.1, -0.05) is 24.8 Å². The van der Waals surface area contributed by atoms with E-state index in [1.54, 1.807) is 12.1 Å². The first-order valence-corrected chi connectivity index (χ1v) is 4.97. The van der Waals surface area contributed by atoms with Gasteiger partial charge in [0.05, 0.1) is 5.69 Å². The number of anilines is 1. The third kappa shape index (κ3) is 2.01. The molecular formula is C12H13NO2. The molecule has 0 aromatic heterocycles. The van der Waals surface area contributed by atoms with Crippen LogP contribution in [0.15, 0.2) is 42.6 Å². The number of benzene rings is 1. The summed E-state index contributed by atoms with van der Waals surface area (Å²) in [5, 5.41) is 9.14. The predicted molar refractivity (Wildman–Crippen MR) is 58.8 cm³/mol. The van der Waals surface area contributed by atoms with Gasteiger partial charge >= 0.3 is 6.09 Å². The summed E-state index contributed by atoms with van der Waals surface area (Å²) in [4.78, 5) is 12.4. The Morgan fingerprint density at radius 2 is 1.93 bits per heavy atom. The maximum atomic E-state index is 11.1. The number of carbonyl (C=O) groups is 1. The molecule has 1 aromatic carbocycles. The number of para-hydroxylation sites is 1. The van der Waals surface area contributed by atoms with Crippen LogP contribution in [-0.2, 0) is 0 Å². The maximum Gasteiger partial charge on any atom is 0.416 e. The van der Waals surface area contributed by atoms with Crippen LogP contribution in [0.1, 0.15) is 12.8 Å². The van der Waals surface area contributed by atoms with Gasteiger partial charge < -0.3 is 5.11 Å². The first-order valence-electron chi connectivity index (χ1n) is 4.97. The van der Waals surface area contributed by atoms with Crippen molar-refractivity contribution in [3.05, 3.63) is 42.6 Å². The van der Waals surface area contributed by atoms with Crippen molar-refractivity contribution in [2.75, 3.05) is 4.90 Å². The molecule has 0 bridgehead atoms. The average Bonchev–Trinajstić information content (AvgIpc) is 3.02. The van der Waals surface area contributed by atoms with Crippen molar-refractivity contribution < 1.29 is 9.90 Å². The Morgan fingerprint density at radius 1 is 1.33 bits per heavy atom. The summed E-state index contributed by atoms with van der Waals surface area (Å²) in [5.41, 5.74) is 1.36. The highest BCUT2D eigenvalue weighted by Gasteiger charge is 2.31. The highest BCUT2D eigenvalue weighted by Crippen LogP contribution is 2.38. The van der Waals surface area contributed by atoms with Crippen LogP contribution in [0.4, 0.5) is 10.5 Å². The summed E-state index contributed by atoms with van der Waals surface area (Å²) < 4.78 is 0. The molecule has 2 rings (SSSR count). The second kappa shape index (κ2) is 3.77. The van der Waals surface area contributed by atoms with Gasteiger partial charge in [-0.2, -0.15) is 0 Å². The van der Waals surface area contributed by atoms with Crippen LogP contribution in [0.5, 0.6) is 0 Å². The molecule has 15 heavy (non-hydrogen) atoms. The average molecular weight is 203 g/mol. The van der Waals surface area contributed by atoms with Gasteiger partial charge in [0.1, 0.15) is 0 Å². The van der Waals surface area contributed by atoms with E-state index in [1.165, 1.54) is 4.90 Å². The summed E-state index contributed by atoms with van der Waals surface area (Å²) in [6.07, 6.45) is 1.14. The molecule has 0 aliphatic heterocycles. The topological polar surface area (TPSA) is 40.5 Å². The largest absolute Gasteiger partial charge is 0.464 e. The van der Waals surface area contributed by atoms with Gasteiger partial charge in [0.2, 0.25) is 0 Å². The number of hydrogen-bond acceptors (Lipinski definition) is 1. The highest BCUT2D eigenvalue weighted by molar-refractivity contribution is 5.89. The fraction of sp³-hybridized carbons (Fsp3) is 0.250. The maximum absolute atomic E-state index is 11.1. The van der Waals surface area contributed by atoms with Gasteiger partial charge in [0.15, 0.2) is 0 Å². The first-order chi connectivity index (χ1) is 7.20. The molecule has 0 saturated heterocycles. The number of nitrogens with zero attached hydrogens (tertiary/aromatic N) is 1. The van der Waals surface area contributed by atoms with E-state index < -0.39 is 6.09 Å². The lowest BCUT2D eigenvalue weighted by Gasteiger charge is -2.21. The molecule has 0 unspecified atom stereocenters. The number of rotatable bonds is 3. The minimum Gasteiger partial charge on any atom is -0.464 e. The van der Waals surface area contributed by atoms with Gasteiger partial charge in [-0.15, -0.1) is 0 Å². The smallest absolute Gasteiger partial charge is 0.416 e. The Labute approximate surface area is 88.6 Å². The third-order valence-corrected chi connectivity index (χ3v) is 2.54. The second-order valence-electron chi connectivity index (χ2n) is 3.72. The Hall–Kier alpha value is -1.77. The van der Waals surface area contributed by atoms with Crippen LogP contribution in [0.3, 0.4) is 0 Å². The molecule has 3 heteroatoms. The van der Waals surface area contributed by atoms with E-state index >= 15 is 0 Å². The molecule has 3 nitrogen and oxygen atoms in total.